The van der Waals surface area contributed by atoms with Crippen molar-refractivity contribution in [2.45, 2.75) is 25.0 Å². The lowest BCUT2D eigenvalue weighted by Gasteiger charge is -2.29. The van der Waals surface area contributed by atoms with Crippen LogP contribution in [0.4, 0.5) is 0 Å². The predicted octanol–water partition coefficient (Wildman–Crippen LogP) is 2.17. The maximum absolute atomic E-state index is 11.9. The number of rotatable bonds is 6. The third kappa shape index (κ3) is 7.02. The molecule has 11 nitrogen and oxygen atoms in total. The molecule has 4 heterocycles. The van der Waals surface area contributed by atoms with Crippen molar-refractivity contribution in [2.75, 3.05) is 60.2 Å². The van der Waals surface area contributed by atoms with Crippen LogP contribution in [-0.4, -0.2) is 100 Å². The first-order chi connectivity index (χ1) is 19.9. The first-order valence-corrected chi connectivity index (χ1v) is 13.9. The molecule has 0 aromatic heterocycles. The molecular weight excluding hydrogens is 532 g/mol. The number of para-hydroxylation sites is 4. The first kappa shape index (κ1) is 28.5. The zero-order valence-electron chi connectivity index (χ0n) is 23.4. The van der Waals surface area contributed by atoms with Gasteiger partial charge in [0.25, 0.3) is 0 Å². The summed E-state index contributed by atoms with van der Waals surface area (Å²) in [6.07, 6.45) is 0.856. The molecule has 0 saturated carbocycles. The SMILES string of the molecule is COC(=O)C1CC(=O)N(CC2COc3ccccc3O2)C1.COC(=O)C1CCN(CC2COc3ccccc3O2)C1. The Labute approximate surface area is 239 Å². The molecule has 0 aliphatic carbocycles. The highest BCUT2D eigenvalue weighted by Crippen LogP contribution is 2.32. The average Bonchev–Trinajstić information content (AvgIpc) is 3.63. The maximum Gasteiger partial charge on any atom is 0.310 e. The van der Waals surface area contributed by atoms with Crippen molar-refractivity contribution in [3.63, 3.8) is 0 Å². The Morgan fingerprint density at radius 2 is 1.32 bits per heavy atom. The Morgan fingerprint density at radius 1 is 0.780 bits per heavy atom. The molecule has 2 fully saturated rings. The van der Waals surface area contributed by atoms with Crippen molar-refractivity contribution in [2.24, 2.45) is 11.8 Å². The molecule has 4 unspecified atom stereocenters. The first-order valence-electron chi connectivity index (χ1n) is 13.9. The van der Waals surface area contributed by atoms with Crippen molar-refractivity contribution in [3.8, 4) is 23.0 Å². The molecule has 0 radical (unpaired) electrons. The van der Waals surface area contributed by atoms with Crippen molar-refractivity contribution < 1.29 is 42.8 Å². The van der Waals surface area contributed by atoms with Gasteiger partial charge >= 0.3 is 11.9 Å². The minimum absolute atomic E-state index is 0.00297. The van der Waals surface area contributed by atoms with Gasteiger partial charge in [-0.25, -0.2) is 0 Å². The molecule has 4 atom stereocenters. The Bertz CT molecular complexity index is 1240. The highest BCUT2D eigenvalue weighted by Gasteiger charge is 2.37. The molecule has 4 aliphatic heterocycles. The van der Waals surface area contributed by atoms with Gasteiger partial charge < -0.3 is 33.3 Å². The van der Waals surface area contributed by atoms with E-state index in [0.29, 0.717) is 37.8 Å². The third-order valence-electron chi connectivity index (χ3n) is 7.58. The van der Waals surface area contributed by atoms with Crippen molar-refractivity contribution in [1.29, 1.82) is 0 Å². The van der Waals surface area contributed by atoms with E-state index in [1.54, 1.807) is 4.90 Å². The fourth-order valence-electron chi connectivity index (χ4n) is 5.47. The molecule has 2 aromatic carbocycles. The quantitative estimate of drug-likeness (QED) is 0.481. The molecule has 4 aliphatic rings. The summed E-state index contributed by atoms with van der Waals surface area (Å²) in [6, 6.07) is 15.1. The fourth-order valence-corrected chi connectivity index (χ4v) is 5.47. The van der Waals surface area contributed by atoms with Gasteiger partial charge in [-0.2, -0.15) is 0 Å². The molecule has 220 valence electrons. The summed E-state index contributed by atoms with van der Waals surface area (Å²) in [5.41, 5.74) is 0. The van der Waals surface area contributed by atoms with Crippen molar-refractivity contribution in [1.82, 2.24) is 9.80 Å². The molecule has 2 saturated heterocycles. The van der Waals surface area contributed by atoms with Gasteiger partial charge in [0.2, 0.25) is 5.91 Å². The number of hydrogen-bond acceptors (Lipinski definition) is 10. The second kappa shape index (κ2) is 13.1. The number of nitrogens with zero attached hydrogens (tertiary/aromatic N) is 2. The molecule has 41 heavy (non-hydrogen) atoms. The lowest BCUT2D eigenvalue weighted by atomic mass is 10.1. The van der Waals surface area contributed by atoms with E-state index in [1.165, 1.54) is 14.2 Å². The number of carbonyl (C=O) groups excluding carboxylic acids is 3. The normalized spacial score (nSPS) is 24.7. The lowest BCUT2D eigenvalue weighted by Crippen LogP contribution is -2.41. The fraction of sp³-hybridized carbons (Fsp3) is 0.500. The van der Waals surface area contributed by atoms with Crippen molar-refractivity contribution >= 4 is 17.8 Å². The average molecular weight is 569 g/mol. The summed E-state index contributed by atoms with van der Waals surface area (Å²) in [5, 5.41) is 0. The zero-order valence-corrected chi connectivity index (χ0v) is 23.4. The molecular formula is C30H36N2O9. The van der Waals surface area contributed by atoms with Crippen LogP contribution in [0.2, 0.25) is 0 Å². The van der Waals surface area contributed by atoms with Gasteiger partial charge in [-0.05, 0) is 37.2 Å². The van der Waals surface area contributed by atoms with Crippen molar-refractivity contribution in [3.05, 3.63) is 48.5 Å². The standard InChI is InChI=1S/C15H17NO5.C15H19NO4/c1-19-15(18)10-6-14(17)16(7-10)8-11-9-20-12-4-2-3-5-13(12)21-11;1-18-15(17)11-6-7-16(8-11)9-12-10-19-13-4-2-3-5-14(13)20-12/h2-5,10-11H,6-9H2,1H3;2-5,11-12H,6-10H2,1H3. The van der Waals surface area contributed by atoms with E-state index in [1.807, 2.05) is 48.5 Å². The topological polar surface area (TPSA) is 113 Å². The van der Waals surface area contributed by atoms with E-state index < -0.39 is 0 Å². The smallest absolute Gasteiger partial charge is 0.310 e. The number of methoxy groups -OCH3 is 2. The highest BCUT2D eigenvalue weighted by atomic mass is 16.6. The summed E-state index contributed by atoms with van der Waals surface area (Å²) < 4.78 is 32.6. The Hall–Kier alpha value is -3.99. The molecule has 2 aromatic rings. The second-order valence-corrected chi connectivity index (χ2v) is 10.5. The van der Waals surface area contributed by atoms with E-state index in [2.05, 4.69) is 4.90 Å². The summed E-state index contributed by atoms with van der Waals surface area (Å²) in [4.78, 5) is 38.8. The van der Waals surface area contributed by atoms with Gasteiger partial charge in [0, 0.05) is 26.1 Å². The van der Waals surface area contributed by atoms with Crippen LogP contribution in [0.15, 0.2) is 48.5 Å². The van der Waals surface area contributed by atoms with Crippen LogP contribution in [0, 0.1) is 11.8 Å². The van der Waals surface area contributed by atoms with E-state index in [4.69, 9.17) is 28.4 Å². The number of ether oxygens (including phenoxy) is 6. The molecule has 6 rings (SSSR count). The lowest BCUT2D eigenvalue weighted by molar-refractivity contribution is -0.145. The number of likely N-dealkylation sites (tertiary alicyclic amines) is 2. The van der Waals surface area contributed by atoms with Crippen LogP contribution in [0.25, 0.3) is 0 Å². The second-order valence-electron chi connectivity index (χ2n) is 10.5. The number of hydrogen-bond donors (Lipinski definition) is 0. The monoisotopic (exact) mass is 568 g/mol. The number of benzene rings is 2. The van der Waals surface area contributed by atoms with E-state index in [0.717, 1.165) is 37.6 Å². The molecule has 0 bridgehead atoms. The summed E-state index contributed by atoms with van der Waals surface area (Å²) in [6.45, 7) is 4.17. The van der Waals surface area contributed by atoms with Crippen LogP contribution >= 0.6 is 0 Å². The minimum atomic E-state index is -0.376. The maximum atomic E-state index is 11.9. The van der Waals surface area contributed by atoms with Gasteiger partial charge in [0.1, 0.15) is 19.3 Å². The largest absolute Gasteiger partial charge is 0.486 e. The molecule has 0 N–H and O–H groups in total. The minimum Gasteiger partial charge on any atom is -0.486 e. The van der Waals surface area contributed by atoms with Gasteiger partial charge in [-0.1, -0.05) is 24.3 Å². The van der Waals surface area contributed by atoms with Gasteiger partial charge in [0.05, 0.1) is 32.6 Å². The molecule has 1 amide bonds. The summed E-state index contributed by atoms with van der Waals surface area (Å²) in [7, 11) is 2.78. The number of fused-ring (bicyclic) bond motifs is 2. The number of amides is 1. The van der Waals surface area contributed by atoms with Gasteiger partial charge in [-0.3, -0.25) is 19.3 Å². The van der Waals surface area contributed by atoms with Crippen LogP contribution in [-0.2, 0) is 23.9 Å². The predicted molar refractivity (Wildman–Crippen MR) is 146 cm³/mol. The zero-order chi connectivity index (χ0) is 28.8. The van der Waals surface area contributed by atoms with Crippen LogP contribution < -0.4 is 18.9 Å². The highest BCUT2D eigenvalue weighted by molar-refractivity contribution is 5.86. The molecule has 0 spiro atoms. The molecule has 11 heteroatoms. The van der Waals surface area contributed by atoms with E-state index in [-0.39, 0.29) is 48.3 Å². The van der Waals surface area contributed by atoms with E-state index in [9.17, 15) is 14.4 Å². The van der Waals surface area contributed by atoms with Crippen LogP contribution in [0.1, 0.15) is 12.8 Å². The number of carbonyl (C=O) groups is 3. The van der Waals surface area contributed by atoms with Crippen LogP contribution in [0.5, 0.6) is 23.0 Å². The van der Waals surface area contributed by atoms with Gasteiger partial charge in [0.15, 0.2) is 29.1 Å². The number of esters is 2. The Balaban J connectivity index is 0.000000165. The Kier molecular flexibility index (Phi) is 9.13. The van der Waals surface area contributed by atoms with Gasteiger partial charge in [-0.15, -0.1) is 0 Å². The van der Waals surface area contributed by atoms with E-state index >= 15 is 0 Å². The Morgan fingerprint density at radius 3 is 1.90 bits per heavy atom. The third-order valence-corrected chi connectivity index (χ3v) is 7.58. The summed E-state index contributed by atoms with van der Waals surface area (Å²) in [5.74, 6) is 2.13. The van der Waals surface area contributed by atoms with Crippen LogP contribution in [0.3, 0.4) is 0 Å². The summed E-state index contributed by atoms with van der Waals surface area (Å²) >= 11 is 0.